The lowest BCUT2D eigenvalue weighted by Crippen LogP contribution is -2.36. The molecule has 1 aromatic carbocycles. The molecule has 0 spiro atoms. The number of aryl methyl sites for hydroxylation is 1. The van der Waals surface area contributed by atoms with E-state index in [1.807, 2.05) is 39.0 Å². The highest BCUT2D eigenvalue weighted by Crippen LogP contribution is 2.33. The van der Waals surface area contributed by atoms with E-state index in [0.29, 0.717) is 12.6 Å². The van der Waals surface area contributed by atoms with Gasteiger partial charge in [-0.25, -0.2) is 4.79 Å². The summed E-state index contributed by atoms with van der Waals surface area (Å²) in [5.41, 5.74) is 2.62. The molecule has 3 rings (SSSR count). The van der Waals surface area contributed by atoms with Crippen molar-refractivity contribution in [2.45, 2.75) is 64.1 Å². The maximum Gasteiger partial charge on any atom is 0.412 e. The van der Waals surface area contributed by atoms with Crippen molar-refractivity contribution in [3.8, 4) is 0 Å². The van der Waals surface area contributed by atoms with Crippen LogP contribution in [-0.4, -0.2) is 30.2 Å². The molecular formula is C19H27N3O3. The van der Waals surface area contributed by atoms with E-state index < -0.39 is 11.7 Å². The highest BCUT2D eigenvalue weighted by Gasteiger charge is 2.26. The fourth-order valence-electron chi connectivity index (χ4n) is 3.05. The van der Waals surface area contributed by atoms with Gasteiger partial charge in [0, 0.05) is 17.8 Å². The van der Waals surface area contributed by atoms with Crippen LogP contribution in [0.4, 0.5) is 10.5 Å². The molecule has 0 bridgehead atoms. The third-order valence-corrected chi connectivity index (χ3v) is 4.32. The van der Waals surface area contributed by atoms with Gasteiger partial charge in [-0.3, -0.25) is 10.1 Å². The lowest BCUT2D eigenvalue weighted by molar-refractivity contribution is -0.120. The molecule has 0 radical (unpaired) electrons. The van der Waals surface area contributed by atoms with E-state index in [9.17, 15) is 9.59 Å². The van der Waals surface area contributed by atoms with Gasteiger partial charge in [-0.15, -0.1) is 0 Å². The Morgan fingerprint density at radius 3 is 2.64 bits per heavy atom. The van der Waals surface area contributed by atoms with Crippen LogP contribution in [-0.2, 0) is 16.0 Å². The van der Waals surface area contributed by atoms with Gasteiger partial charge in [0.05, 0.1) is 6.54 Å². The smallest absolute Gasteiger partial charge is 0.412 e. The van der Waals surface area contributed by atoms with E-state index in [4.69, 9.17) is 4.74 Å². The van der Waals surface area contributed by atoms with E-state index in [2.05, 4.69) is 16.0 Å². The summed E-state index contributed by atoms with van der Waals surface area (Å²) in [5, 5.41) is 9.10. The number of rotatable bonds is 5. The van der Waals surface area contributed by atoms with Crippen LogP contribution in [0, 0.1) is 0 Å². The Morgan fingerprint density at radius 1 is 1.20 bits per heavy atom. The van der Waals surface area contributed by atoms with Crippen molar-refractivity contribution in [3.63, 3.8) is 0 Å². The van der Waals surface area contributed by atoms with Crippen LogP contribution in [0.3, 0.4) is 0 Å². The molecule has 0 aromatic heterocycles. The van der Waals surface area contributed by atoms with Crippen LogP contribution in [0.2, 0.25) is 0 Å². The molecule has 2 aliphatic carbocycles. The Bertz CT molecular complexity index is 662. The molecule has 2 amide bonds. The summed E-state index contributed by atoms with van der Waals surface area (Å²) in [7, 11) is 0. The van der Waals surface area contributed by atoms with Crippen molar-refractivity contribution in [3.05, 3.63) is 29.3 Å². The summed E-state index contributed by atoms with van der Waals surface area (Å²) in [6.07, 6.45) is 3.65. The topological polar surface area (TPSA) is 79.5 Å². The van der Waals surface area contributed by atoms with Gasteiger partial charge in [0.1, 0.15) is 5.60 Å². The minimum Gasteiger partial charge on any atom is -0.444 e. The maximum absolute atomic E-state index is 11.9. The number of fused-ring (bicyclic) bond motifs is 1. The summed E-state index contributed by atoms with van der Waals surface area (Å²) in [6.45, 7) is 5.86. The van der Waals surface area contributed by atoms with Crippen molar-refractivity contribution < 1.29 is 14.3 Å². The second kappa shape index (κ2) is 7.04. The zero-order valence-electron chi connectivity index (χ0n) is 15.1. The van der Waals surface area contributed by atoms with Gasteiger partial charge in [0.15, 0.2) is 0 Å². The Morgan fingerprint density at radius 2 is 1.96 bits per heavy atom. The van der Waals surface area contributed by atoms with Crippen LogP contribution in [0.25, 0.3) is 0 Å². The Balaban J connectivity index is 1.54. The molecule has 0 saturated heterocycles. The lowest BCUT2D eigenvalue weighted by Gasteiger charge is -2.20. The first kappa shape index (κ1) is 17.7. The van der Waals surface area contributed by atoms with Crippen LogP contribution in [0.15, 0.2) is 18.2 Å². The number of nitrogens with one attached hydrogen (secondary N) is 3. The molecule has 25 heavy (non-hydrogen) atoms. The number of ether oxygens (including phenoxy) is 1. The molecule has 1 fully saturated rings. The monoisotopic (exact) mass is 345 g/mol. The van der Waals surface area contributed by atoms with Crippen LogP contribution < -0.4 is 16.0 Å². The molecule has 0 heterocycles. The molecule has 0 aliphatic heterocycles. The average molecular weight is 345 g/mol. The van der Waals surface area contributed by atoms with Crippen molar-refractivity contribution in [1.82, 2.24) is 10.6 Å². The standard InChI is InChI=1S/C19H27N3O3/c1-19(2,3)25-18(24)22-14-7-8-15-12(10-14)4-9-16(15)20-11-17(23)21-13-5-6-13/h7-8,10,13,16,20H,4-6,9,11H2,1-3H3,(H,21,23)(H,22,24). The first-order valence-corrected chi connectivity index (χ1v) is 8.96. The highest BCUT2D eigenvalue weighted by molar-refractivity contribution is 5.85. The molecule has 1 unspecified atom stereocenters. The average Bonchev–Trinajstić information content (AvgIpc) is 3.21. The Kier molecular flexibility index (Phi) is 4.99. The molecule has 136 valence electrons. The van der Waals surface area contributed by atoms with Gasteiger partial charge in [-0.05, 0) is 69.7 Å². The molecule has 6 nitrogen and oxygen atoms in total. The summed E-state index contributed by atoms with van der Waals surface area (Å²) in [5.74, 6) is 0.0687. The van der Waals surface area contributed by atoms with E-state index in [1.54, 1.807) is 0 Å². The third kappa shape index (κ3) is 5.19. The molecule has 6 heteroatoms. The zero-order valence-corrected chi connectivity index (χ0v) is 15.1. The van der Waals surface area contributed by atoms with Gasteiger partial charge in [-0.2, -0.15) is 0 Å². The fourth-order valence-corrected chi connectivity index (χ4v) is 3.05. The Labute approximate surface area is 148 Å². The van der Waals surface area contributed by atoms with Crippen LogP contribution >= 0.6 is 0 Å². The summed E-state index contributed by atoms with van der Waals surface area (Å²) < 4.78 is 5.28. The number of anilines is 1. The SMILES string of the molecule is CC(C)(C)OC(=O)Nc1ccc2c(c1)CCC2NCC(=O)NC1CC1. The molecule has 1 atom stereocenters. The fraction of sp³-hybridized carbons (Fsp3) is 0.579. The number of hydrogen-bond donors (Lipinski definition) is 3. The van der Waals surface area contributed by atoms with E-state index in [1.165, 1.54) is 11.1 Å². The molecule has 1 saturated carbocycles. The van der Waals surface area contributed by atoms with E-state index in [0.717, 1.165) is 31.4 Å². The predicted octanol–water partition coefficient (Wildman–Crippen LogP) is 2.89. The Hall–Kier alpha value is -2.08. The van der Waals surface area contributed by atoms with Crippen molar-refractivity contribution >= 4 is 17.7 Å². The van der Waals surface area contributed by atoms with Gasteiger partial charge in [0.25, 0.3) is 0 Å². The van der Waals surface area contributed by atoms with Gasteiger partial charge in [-0.1, -0.05) is 6.07 Å². The van der Waals surface area contributed by atoms with Crippen molar-refractivity contribution in [1.29, 1.82) is 0 Å². The molecule has 1 aromatic rings. The number of benzene rings is 1. The molecule has 2 aliphatic rings. The first-order chi connectivity index (χ1) is 11.8. The number of hydrogen-bond acceptors (Lipinski definition) is 4. The third-order valence-electron chi connectivity index (χ3n) is 4.32. The second-order valence-corrected chi connectivity index (χ2v) is 7.85. The van der Waals surface area contributed by atoms with Gasteiger partial charge in [0.2, 0.25) is 5.91 Å². The summed E-state index contributed by atoms with van der Waals surface area (Å²) in [4.78, 5) is 23.7. The number of carbonyl (C=O) groups excluding carboxylic acids is 2. The summed E-state index contributed by atoms with van der Waals surface area (Å²) >= 11 is 0. The molecular weight excluding hydrogens is 318 g/mol. The van der Waals surface area contributed by atoms with Crippen molar-refractivity contribution in [2.75, 3.05) is 11.9 Å². The quantitative estimate of drug-likeness (QED) is 0.767. The van der Waals surface area contributed by atoms with Crippen LogP contribution in [0.1, 0.15) is 57.2 Å². The van der Waals surface area contributed by atoms with Crippen molar-refractivity contribution in [2.24, 2.45) is 0 Å². The lowest BCUT2D eigenvalue weighted by atomic mass is 10.1. The minimum atomic E-state index is -0.517. The second-order valence-electron chi connectivity index (χ2n) is 7.85. The largest absolute Gasteiger partial charge is 0.444 e. The predicted molar refractivity (Wildman–Crippen MR) is 96.5 cm³/mol. The normalized spacial score (nSPS) is 19.2. The zero-order chi connectivity index (χ0) is 18.0. The van der Waals surface area contributed by atoms with E-state index in [-0.39, 0.29) is 11.9 Å². The number of carbonyl (C=O) groups is 2. The minimum absolute atomic E-state index is 0.0687. The number of amides is 2. The van der Waals surface area contributed by atoms with Gasteiger partial charge < -0.3 is 15.4 Å². The summed E-state index contributed by atoms with van der Waals surface area (Å²) in [6, 6.07) is 6.48. The highest BCUT2D eigenvalue weighted by atomic mass is 16.6. The van der Waals surface area contributed by atoms with Crippen LogP contribution in [0.5, 0.6) is 0 Å². The van der Waals surface area contributed by atoms with E-state index >= 15 is 0 Å². The van der Waals surface area contributed by atoms with Gasteiger partial charge >= 0.3 is 6.09 Å². The maximum atomic E-state index is 11.9. The molecule has 3 N–H and O–H groups in total. The first-order valence-electron chi connectivity index (χ1n) is 8.96.